The number of carbonyl (C=O) groups is 2. The van der Waals surface area contributed by atoms with Crippen molar-refractivity contribution in [3.63, 3.8) is 0 Å². The van der Waals surface area contributed by atoms with E-state index in [0.717, 1.165) is 23.1 Å². The number of hydrogen-bond donors (Lipinski definition) is 1. The summed E-state index contributed by atoms with van der Waals surface area (Å²) in [5.41, 5.74) is 3.41. The van der Waals surface area contributed by atoms with Crippen LogP contribution in [0.15, 0.2) is 72.8 Å². The number of benzene rings is 3. The maximum atomic E-state index is 14.2. The third-order valence-electron chi connectivity index (χ3n) is 5.83. The second-order valence-corrected chi connectivity index (χ2v) is 10.1. The summed E-state index contributed by atoms with van der Waals surface area (Å²) in [4.78, 5) is 28.5. The first-order valence-corrected chi connectivity index (χ1v) is 13.6. The minimum atomic E-state index is -0.676. The van der Waals surface area contributed by atoms with Crippen LogP contribution in [0.3, 0.4) is 0 Å². The van der Waals surface area contributed by atoms with Gasteiger partial charge >= 0.3 is 0 Å². The molecule has 0 radical (unpaired) electrons. The average molecular weight is 527 g/mol. The second kappa shape index (κ2) is 14.0. The Labute approximate surface area is 222 Å². The molecule has 0 unspecified atom stereocenters. The number of hydrogen-bond acceptors (Lipinski definition) is 3. The van der Waals surface area contributed by atoms with Gasteiger partial charge < -0.3 is 10.2 Å². The molecule has 0 fully saturated rings. The molecule has 0 aliphatic carbocycles. The monoisotopic (exact) mass is 526 g/mol. The quantitative estimate of drug-likeness (QED) is 0.306. The molecule has 3 aromatic rings. The van der Waals surface area contributed by atoms with Crippen LogP contribution >= 0.6 is 23.4 Å². The van der Waals surface area contributed by atoms with Crippen LogP contribution in [0, 0.1) is 12.7 Å². The minimum Gasteiger partial charge on any atom is -0.354 e. The molecule has 1 atom stereocenters. The zero-order valence-electron chi connectivity index (χ0n) is 20.7. The number of aryl methyl sites for hydroxylation is 1. The molecular formula is C29H32ClFN2O2S. The molecule has 7 heteroatoms. The summed E-state index contributed by atoms with van der Waals surface area (Å²) < 4.78 is 14.2. The van der Waals surface area contributed by atoms with Gasteiger partial charge in [0, 0.05) is 35.8 Å². The Hall–Kier alpha value is -2.83. The molecule has 0 saturated carbocycles. The molecule has 0 bridgehead atoms. The maximum Gasteiger partial charge on any atom is 0.243 e. The van der Waals surface area contributed by atoms with Crippen molar-refractivity contribution in [3.05, 3.63) is 106 Å². The van der Waals surface area contributed by atoms with Gasteiger partial charge in [0.15, 0.2) is 0 Å². The molecular weight excluding hydrogens is 495 g/mol. The van der Waals surface area contributed by atoms with E-state index in [0.29, 0.717) is 30.1 Å². The molecule has 4 nitrogen and oxygen atoms in total. The Morgan fingerprint density at radius 1 is 1.00 bits per heavy atom. The lowest BCUT2D eigenvalue weighted by atomic mass is 10.0. The van der Waals surface area contributed by atoms with E-state index in [-0.39, 0.29) is 29.1 Å². The summed E-state index contributed by atoms with van der Waals surface area (Å²) in [6.45, 7) is 4.84. The molecule has 0 aliphatic heterocycles. The van der Waals surface area contributed by atoms with Crippen LogP contribution in [0.25, 0.3) is 0 Å². The Morgan fingerprint density at radius 3 is 2.39 bits per heavy atom. The number of nitrogens with one attached hydrogen (secondary N) is 1. The summed E-state index contributed by atoms with van der Waals surface area (Å²) in [7, 11) is 0. The third-order valence-corrected chi connectivity index (χ3v) is 7.13. The van der Waals surface area contributed by atoms with E-state index in [9.17, 15) is 14.0 Å². The summed E-state index contributed by atoms with van der Waals surface area (Å²) >= 11 is 7.45. The third kappa shape index (κ3) is 8.10. The predicted octanol–water partition coefficient (Wildman–Crippen LogP) is 6.19. The van der Waals surface area contributed by atoms with Gasteiger partial charge in [-0.05, 0) is 36.6 Å². The van der Waals surface area contributed by atoms with Gasteiger partial charge in [-0.15, -0.1) is 11.8 Å². The van der Waals surface area contributed by atoms with E-state index in [4.69, 9.17) is 11.6 Å². The fourth-order valence-corrected chi connectivity index (χ4v) is 5.05. The SMILES string of the molecule is CCCNC(=O)[C@H](Cc1ccccc1)N(Cc1ccc(C)cc1)C(=O)CSCc1c(F)cccc1Cl. The summed E-state index contributed by atoms with van der Waals surface area (Å²) in [5, 5.41) is 3.31. The van der Waals surface area contributed by atoms with E-state index in [1.165, 1.54) is 17.8 Å². The summed E-state index contributed by atoms with van der Waals surface area (Å²) in [5.74, 6) is -0.382. The molecule has 0 saturated heterocycles. The average Bonchev–Trinajstić information content (AvgIpc) is 2.88. The first-order chi connectivity index (χ1) is 17.4. The lowest BCUT2D eigenvalue weighted by molar-refractivity contribution is -0.139. The molecule has 36 heavy (non-hydrogen) atoms. The van der Waals surface area contributed by atoms with Gasteiger partial charge in [-0.3, -0.25) is 9.59 Å². The van der Waals surface area contributed by atoms with Crippen LogP contribution in [0.4, 0.5) is 4.39 Å². The van der Waals surface area contributed by atoms with Crippen LogP contribution in [0.5, 0.6) is 0 Å². The molecule has 0 aromatic heterocycles. The van der Waals surface area contributed by atoms with Gasteiger partial charge in [0.05, 0.1) is 5.75 Å². The van der Waals surface area contributed by atoms with Crippen LogP contribution < -0.4 is 5.32 Å². The molecule has 0 aliphatic rings. The van der Waals surface area contributed by atoms with Gasteiger partial charge in [-0.1, -0.05) is 84.8 Å². The topological polar surface area (TPSA) is 49.4 Å². The summed E-state index contributed by atoms with van der Waals surface area (Å²) in [6, 6.07) is 21.5. The second-order valence-electron chi connectivity index (χ2n) is 8.70. The molecule has 2 amide bonds. The van der Waals surface area contributed by atoms with Crippen molar-refractivity contribution < 1.29 is 14.0 Å². The highest BCUT2D eigenvalue weighted by Gasteiger charge is 2.30. The van der Waals surface area contributed by atoms with E-state index >= 15 is 0 Å². The zero-order valence-corrected chi connectivity index (χ0v) is 22.2. The van der Waals surface area contributed by atoms with Gasteiger partial charge in [0.25, 0.3) is 0 Å². The van der Waals surface area contributed by atoms with E-state index in [2.05, 4.69) is 5.32 Å². The molecule has 190 valence electrons. The van der Waals surface area contributed by atoms with Gasteiger partial charge in [-0.25, -0.2) is 4.39 Å². The minimum absolute atomic E-state index is 0.100. The van der Waals surface area contributed by atoms with Crippen molar-refractivity contribution in [3.8, 4) is 0 Å². The fourth-order valence-electron chi connectivity index (χ4n) is 3.80. The Kier molecular flexibility index (Phi) is 10.8. The van der Waals surface area contributed by atoms with Crippen molar-refractivity contribution in [2.24, 2.45) is 0 Å². The van der Waals surface area contributed by atoms with Crippen LogP contribution in [-0.4, -0.2) is 35.1 Å². The molecule has 0 spiro atoms. The highest BCUT2D eigenvalue weighted by atomic mass is 35.5. The fraction of sp³-hybridized carbons (Fsp3) is 0.310. The van der Waals surface area contributed by atoms with Gasteiger partial charge in [-0.2, -0.15) is 0 Å². The lowest BCUT2D eigenvalue weighted by Crippen LogP contribution is -2.51. The maximum absolute atomic E-state index is 14.2. The lowest BCUT2D eigenvalue weighted by Gasteiger charge is -2.31. The molecule has 1 N–H and O–H groups in total. The highest BCUT2D eigenvalue weighted by Crippen LogP contribution is 2.25. The Balaban J connectivity index is 1.84. The number of halogens is 2. The Morgan fingerprint density at radius 2 is 1.72 bits per heavy atom. The molecule has 3 rings (SSSR count). The van der Waals surface area contributed by atoms with Crippen molar-refractivity contribution in [1.29, 1.82) is 0 Å². The van der Waals surface area contributed by atoms with E-state index < -0.39 is 6.04 Å². The standard InChI is InChI=1S/C29H32ClFN2O2S/c1-3-16-32-29(35)27(17-22-8-5-4-6-9-22)33(18-23-14-12-21(2)13-15-23)28(34)20-36-19-24-25(30)10-7-11-26(24)31/h4-15,27H,3,16-20H2,1-2H3,(H,32,35)/t27-/m0/s1. The summed E-state index contributed by atoms with van der Waals surface area (Å²) in [6.07, 6.45) is 1.20. The number of carbonyl (C=O) groups excluding carboxylic acids is 2. The Bertz CT molecular complexity index is 1120. The van der Waals surface area contributed by atoms with Crippen molar-refractivity contribution in [2.45, 2.75) is 45.0 Å². The van der Waals surface area contributed by atoms with Crippen molar-refractivity contribution in [2.75, 3.05) is 12.3 Å². The van der Waals surface area contributed by atoms with E-state index in [1.807, 2.05) is 68.4 Å². The number of thioether (sulfide) groups is 1. The normalized spacial score (nSPS) is 11.7. The zero-order chi connectivity index (χ0) is 25.9. The van der Waals surface area contributed by atoms with Gasteiger partial charge in [0.2, 0.25) is 11.8 Å². The molecule has 3 aromatic carbocycles. The predicted molar refractivity (Wildman–Crippen MR) is 147 cm³/mol. The highest BCUT2D eigenvalue weighted by molar-refractivity contribution is 7.99. The van der Waals surface area contributed by atoms with Crippen LogP contribution in [0.1, 0.15) is 35.6 Å². The van der Waals surface area contributed by atoms with Gasteiger partial charge in [0.1, 0.15) is 11.9 Å². The van der Waals surface area contributed by atoms with Crippen LogP contribution in [0.2, 0.25) is 5.02 Å². The van der Waals surface area contributed by atoms with Crippen molar-refractivity contribution >= 4 is 35.2 Å². The van der Waals surface area contributed by atoms with Crippen molar-refractivity contribution in [1.82, 2.24) is 10.2 Å². The number of nitrogens with zero attached hydrogens (tertiary/aromatic N) is 1. The largest absolute Gasteiger partial charge is 0.354 e. The number of amides is 2. The first kappa shape index (κ1) is 27.8. The number of rotatable bonds is 12. The molecule has 0 heterocycles. The first-order valence-electron chi connectivity index (χ1n) is 12.1. The van der Waals surface area contributed by atoms with Crippen LogP contribution in [-0.2, 0) is 28.3 Å². The smallest absolute Gasteiger partial charge is 0.243 e. The van der Waals surface area contributed by atoms with E-state index in [1.54, 1.807) is 17.0 Å².